The first-order valence-electron chi connectivity index (χ1n) is 23.3. The number of rotatable bonds is 10. The highest BCUT2D eigenvalue weighted by molar-refractivity contribution is 14.1. The number of primary amides is 1. The maximum absolute atomic E-state index is 13.7. The number of likely N-dealkylation sites (N-methyl/N-ethyl adjacent to an activating group) is 1. The van der Waals surface area contributed by atoms with E-state index in [1.54, 1.807) is 6.20 Å². The number of aliphatic hydroxyl groups excluding tert-OH is 2. The Hall–Kier alpha value is -4.42. The number of phenols is 2. The van der Waals surface area contributed by atoms with Gasteiger partial charge in [0.2, 0.25) is 5.78 Å². The molecule has 1 fully saturated rings. The third-order valence-corrected chi connectivity index (χ3v) is 14.9. The zero-order valence-electron chi connectivity index (χ0n) is 42.3. The molecule has 3 aliphatic carbocycles. The fraction of sp³-hybridized carbons (Fsp3) is 0.367. The van der Waals surface area contributed by atoms with Crippen LogP contribution in [0.4, 0.5) is 5.69 Å². The number of carbonyl (C=O) groups is 3. The van der Waals surface area contributed by atoms with Gasteiger partial charge in [0.25, 0.3) is 5.91 Å². The first-order valence-corrected chi connectivity index (χ1v) is 29.0. The van der Waals surface area contributed by atoms with Gasteiger partial charge in [-0.2, -0.15) is 0 Å². The van der Waals surface area contributed by atoms with Crippen molar-refractivity contribution in [1.82, 2.24) is 19.8 Å². The van der Waals surface area contributed by atoms with Crippen LogP contribution >= 0.6 is 72.4 Å². The number of phosphoric acid groups is 2. The summed E-state index contributed by atoms with van der Waals surface area (Å²) in [7, 11) is -6.27. The summed E-state index contributed by atoms with van der Waals surface area (Å²) >= 11 is 10.4. The lowest BCUT2D eigenvalue weighted by Crippen LogP contribution is -2.67. The summed E-state index contributed by atoms with van der Waals surface area (Å²) in [6.07, 6.45) is 5.70. The molecular weight excluding hydrogens is 1300 g/mol. The Labute approximate surface area is 474 Å². The van der Waals surface area contributed by atoms with Crippen molar-refractivity contribution in [1.29, 1.82) is 0 Å². The van der Waals surface area contributed by atoms with Gasteiger partial charge in [-0.3, -0.25) is 29.3 Å². The van der Waals surface area contributed by atoms with E-state index in [4.69, 9.17) is 55.8 Å². The minimum atomic E-state index is -4.64. The standard InChI is InChI=1S/C22H24N2O8.C18H26ClN3.C9H5I2NO.2H3O4P/c1-21(31)8-5-4-6-11(25)12(8)16(26)13-9(21)7-10-15(24(2)3)17(27)14(20(23)30)19(29)22(10,32)18(13)28;1-4-22(5-2)12-6-7-14(3)21-17-10-11-20-18-13-15(19)8-9-16(17)18;10-6-4-7(11)9(13)8-5(6)2-1-3-12-8;2*1-5(2,3)4/h4-6,9-10,15,25-26,29,31-32H,7H2,1-3H3,(H2,23,30);8-11,13-14H,4-7,12H2,1-3H3,(H,20,21);1-4,13H;2*(H3,1,2,3,4)/t9-,10-,15-,21-,22-;;;;/m0..../s1. The lowest BCUT2D eigenvalue weighted by atomic mass is 9.54. The number of nitrogens with two attached hydrogens (primary N) is 1. The van der Waals surface area contributed by atoms with Crippen LogP contribution in [0.2, 0.25) is 5.02 Å². The number of hydrogen-bond donors (Lipinski definition) is 14. The van der Waals surface area contributed by atoms with Crippen LogP contribution in [0.25, 0.3) is 27.6 Å². The van der Waals surface area contributed by atoms with E-state index >= 15 is 0 Å². The number of aromatic hydroxyl groups is 2. The maximum Gasteiger partial charge on any atom is 0.466 e. The Morgan fingerprint density at radius 3 is 2.06 bits per heavy atom. The predicted octanol–water partition coefficient (Wildman–Crippen LogP) is 5.73. The van der Waals surface area contributed by atoms with Crippen molar-refractivity contribution in [2.45, 2.75) is 70.2 Å². The lowest BCUT2D eigenvalue weighted by Gasteiger charge is -2.53. The van der Waals surface area contributed by atoms with E-state index in [-0.39, 0.29) is 23.3 Å². The molecule has 1 amide bonds. The second kappa shape index (κ2) is 26.7. The molecular formula is C49H61ClI2N6O17P2. The molecule has 0 spiro atoms. The smallest absolute Gasteiger partial charge is 0.466 e. The first kappa shape index (κ1) is 65.1. The minimum Gasteiger partial charge on any atom is -0.508 e. The summed E-state index contributed by atoms with van der Waals surface area (Å²) in [5.41, 5.74) is 2.21. The monoisotopic (exact) mass is 1360 g/mol. The number of carbonyl (C=O) groups excluding carboxylic acids is 3. The number of ketones is 2. The van der Waals surface area contributed by atoms with Crippen molar-refractivity contribution in [3.8, 4) is 11.5 Å². The lowest BCUT2D eigenvalue weighted by molar-refractivity contribution is -0.159. The first-order chi connectivity index (χ1) is 35.6. The number of nitrogens with one attached hydrogen (secondary N) is 1. The number of pyridine rings is 2. The summed E-state index contributed by atoms with van der Waals surface area (Å²) in [5, 5.41) is 71.1. The molecule has 6 atom stereocenters. The highest BCUT2D eigenvalue weighted by Gasteiger charge is 2.66. The molecule has 28 heteroatoms. The van der Waals surface area contributed by atoms with Crippen LogP contribution in [0.5, 0.6) is 11.5 Å². The molecule has 1 saturated carbocycles. The van der Waals surface area contributed by atoms with Gasteiger partial charge in [0.05, 0.1) is 26.3 Å². The van der Waals surface area contributed by atoms with Gasteiger partial charge in [-0.25, -0.2) is 9.13 Å². The van der Waals surface area contributed by atoms with Crippen molar-refractivity contribution >= 4 is 123 Å². The number of amides is 1. The largest absolute Gasteiger partial charge is 0.508 e. The normalized spacial score (nSPS) is 21.3. The summed E-state index contributed by atoms with van der Waals surface area (Å²) in [6, 6.07) is 17.1. The molecule has 15 N–H and O–H groups in total. The number of anilines is 1. The molecule has 2 heterocycles. The van der Waals surface area contributed by atoms with Crippen LogP contribution in [-0.2, 0) is 29.1 Å². The minimum absolute atomic E-state index is 0.170. The molecule has 3 aromatic carbocycles. The second-order valence-corrected chi connectivity index (χ2v) is 23.1. The predicted molar refractivity (Wildman–Crippen MR) is 304 cm³/mol. The summed E-state index contributed by atoms with van der Waals surface area (Å²) in [4.78, 5) is 94.1. The molecule has 77 heavy (non-hydrogen) atoms. The average molecular weight is 1360 g/mol. The van der Waals surface area contributed by atoms with Crippen molar-refractivity contribution in [2.24, 2.45) is 17.6 Å². The number of fused-ring (bicyclic) bond motifs is 5. The SMILES string of the molecule is CCN(CC)CCCC(C)Nc1ccnc2cc(Cl)ccc12.CN(C)[C@@H]1C(=O)C(C(N)=O)=C(O)[C@@]2(O)C(=O)C3=C(O)c4c(O)cccc4[C@](C)(O)[C@H]3C[C@@H]12.O=P(O)(O)O.O=P(O)(O)O.Oc1c(I)cc(I)c2cccnc12. The van der Waals surface area contributed by atoms with Crippen LogP contribution in [0.3, 0.4) is 0 Å². The Bertz CT molecular complexity index is 3130. The van der Waals surface area contributed by atoms with Gasteiger partial charge in [0.1, 0.15) is 28.4 Å². The van der Waals surface area contributed by atoms with Crippen molar-refractivity contribution in [3.63, 3.8) is 0 Å². The van der Waals surface area contributed by atoms with E-state index in [9.17, 15) is 45.0 Å². The molecule has 1 unspecified atom stereocenters. The number of halogens is 3. The van der Waals surface area contributed by atoms with Gasteiger partial charge < -0.3 is 75.9 Å². The quantitative estimate of drug-likeness (QED) is 0.0451. The molecule has 0 aliphatic heterocycles. The van der Waals surface area contributed by atoms with Crippen LogP contribution in [-0.4, -0.2) is 149 Å². The highest BCUT2D eigenvalue weighted by atomic mass is 127. The number of nitrogens with zero attached hydrogens (tertiary/aromatic N) is 4. The highest BCUT2D eigenvalue weighted by Crippen LogP contribution is 2.57. The third-order valence-electron chi connectivity index (χ3n) is 12.9. The maximum atomic E-state index is 13.7. The number of aliphatic hydroxyl groups is 4. The number of Topliss-reactive ketones (excluding diaryl/α,β-unsaturated/α-hetero) is 2. The molecule has 0 saturated heterocycles. The van der Waals surface area contributed by atoms with Gasteiger partial charge in [-0.15, -0.1) is 0 Å². The second-order valence-electron chi connectivity index (χ2n) is 18.3. The van der Waals surface area contributed by atoms with Crippen molar-refractivity contribution in [3.05, 3.63) is 113 Å². The zero-order valence-corrected chi connectivity index (χ0v) is 49.1. The Morgan fingerprint density at radius 2 is 1.49 bits per heavy atom. The Kier molecular flexibility index (Phi) is 22.6. The van der Waals surface area contributed by atoms with Crippen LogP contribution in [0, 0.1) is 19.0 Å². The van der Waals surface area contributed by atoms with E-state index in [0.29, 0.717) is 11.6 Å². The van der Waals surface area contributed by atoms with E-state index in [1.165, 1.54) is 57.1 Å². The number of hydrogen-bond acceptors (Lipinski definition) is 16. The number of aromatic nitrogens is 2. The molecule has 3 aliphatic rings. The van der Waals surface area contributed by atoms with Gasteiger partial charge in [0, 0.05) is 60.9 Å². The summed E-state index contributed by atoms with van der Waals surface area (Å²) < 4.78 is 19.7. The fourth-order valence-corrected chi connectivity index (χ4v) is 11.5. The van der Waals surface area contributed by atoms with Gasteiger partial charge in [0.15, 0.2) is 17.1 Å². The van der Waals surface area contributed by atoms with E-state index in [2.05, 4.69) is 86.1 Å². The number of benzene rings is 3. The summed E-state index contributed by atoms with van der Waals surface area (Å²) in [6.45, 7) is 11.5. The van der Waals surface area contributed by atoms with Gasteiger partial charge in [-0.1, -0.05) is 43.6 Å². The van der Waals surface area contributed by atoms with Crippen LogP contribution < -0.4 is 11.1 Å². The number of phenolic OH excluding ortho intramolecular Hbond substituents is 2. The van der Waals surface area contributed by atoms with Crippen molar-refractivity contribution in [2.75, 3.05) is 39.0 Å². The Balaban J connectivity index is 0.000000244. The van der Waals surface area contributed by atoms with Crippen molar-refractivity contribution < 1.29 is 83.5 Å². The zero-order chi connectivity index (χ0) is 58.3. The fourth-order valence-electron chi connectivity index (χ4n) is 9.40. The molecule has 0 radical (unpaired) electrons. The molecule has 2 aromatic heterocycles. The molecule has 23 nitrogen and oxygen atoms in total. The summed E-state index contributed by atoms with van der Waals surface area (Å²) in [5.74, 6) is -7.62. The Morgan fingerprint density at radius 1 is 0.883 bits per heavy atom. The topological polar surface area (TPSA) is 398 Å². The van der Waals surface area contributed by atoms with Gasteiger partial charge in [-0.05, 0) is 160 Å². The van der Waals surface area contributed by atoms with E-state index < -0.39 is 90.6 Å². The van der Waals surface area contributed by atoms with E-state index in [1.807, 2.05) is 48.7 Å². The van der Waals surface area contributed by atoms with Crippen LogP contribution in [0.15, 0.2) is 90.0 Å². The third kappa shape index (κ3) is 15.9. The molecule has 5 aromatic rings. The van der Waals surface area contributed by atoms with Crippen LogP contribution in [0.1, 0.15) is 58.1 Å². The van der Waals surface area contributed by atoms with Gasteiger partial charge >= 0.3 is 15.6 Å². The molecule has 0 bridgehead atoms. The van der Waals surface area contributed by atoms with E-state index in [0.717, 1.165) is 53.6 Å². The average Bonchev–Trinajstić information content (AvgIpc) is 3.31. The molecule has 420 valence electrons. The molecule has 8 rings (SSSR count).